The molecule has 0 bridgehead atoms. The van der Waals surface area contributed by atoms with Gasteiger partial charge in [0.1, 0.15) is 6.61 Å². The third-order valence-corrected chi connectivity index (χ3v) is 2.52. The molecule has 23 heavy (non-hydrogen) atoms. The number of carboxylic acid groups (broad SMARTS) is 1. The third-order valence-electron chi connectivity index (χ3n) is 2.52. The molecule has 2 rings (SSSR count). The highest BCUT2D eigenvalue weighted by Gasteiger charge is 1.99. The predicted molar refractivity (Wildman–Crippen MR) is 87.6 cm³/mol. The van der Waals surface area contributed by atoms with Gasteiger partial charge in [-0.25, -0.2) is 0 Å². The van der Waals surface area contributed by atoms with Gasteiger partial charge in [0.15, 0.2) is 0 Å². The summed E-state index contributed by atoms with van der Waals surface area (Å²) in [5.41, 5.74) is 5.18. The van der Waals surface area contributed by atoms with Crippen molar-refractivity contribution in [3.05, 3.63) is 71.3 Å². The fraction of sp³-hybridized carbons (Fsp3) is 0.222. The van der Waals surface area contributed by atoms with Crippen LogP contribution in [-0.4, -0.2) is 18.2 Å². The highest BCUT2D eigenvalue weighted by atomic mass is 16.6. The molecule has 0 unspecified atom stereocenters. The summed E-state index contributed by atoms with van der Waals surface area (Å²) in [5.74, 6) is -1.23. The first kappa shape index (κ1) is 18.4. The van der Waals surface area contributed by atoms with E-state index in [-0.39, 0.29) is 5.56 Å². The number of oxime groups is 1. The number of aromatic carboxylic acids is 1. The van der Waals surface area contributed by atoms with E-state index in [9.17, 15) is 9.90 Å². The molecule has 2 aromatic rings. The summed E-state index contributed by atoms with van der Waals surface area (Å²) in [4.78, 5) is 16.0. The molecule has 0 radical (unpaired) electrons. The Balaban J connectivity index is 0.000000593. The van der Waals surface area contributed by atoms with Gasteiger partial charge in [-0.15, -0.1) is 0 Å². The van der Waals surface area contributed by atoms with Gasteiger partial charge in [-0.1, -0.05) is 59.8 Å². The summed E-state index contributed by atoms with van der Waals surface area (Å²) >= 11 is 0. The molecule has 5 nitrogen and oxygen atoms in total. The van der Waals surface area contributed by atoms with Crippen LogP contribution >= 0.6 is 0 Å². The van der Waals surface area contributed by atoms with Crippen LogP contribution in [0.4, 0.5) is 0 Å². The molecular weight excluding hydrogens is 292 g/mol. The van der Waals surface area contributed by atoms with Crippen LogP contribution in [0.25, 0.3) is 0 Å². The van der Waals surface area contributed by atoms with Gasteiger partial charge in [-0.05, 0) is 19.4 Å². The number of benzene rings is 2. The number of carbonyl (C=O) groups is 1. The average Bonchev–Trinajstić information content (AvgIpc) is 2.52. The molecule has 2 aromatic carbocycles. The normalized spacial score (nSPS) is 10.3. The third kappa shape index (κ3) is 7.78. The van der Waals surface area contributed by atoms with Crippen molar-refractivity contribution in [3.63, 3.8) is 0 Å². The van der Waals surface area contributed by atoms with E-state index in [1.165, 1.54) is 12.3 Å². The van der Waals surface area contributed by atoms with Crippen LogP contribution in [0.15, 0.2) is 59.8 Å². The Labute approximate surface area is 136 Å². The maximum absolute atomic E-state index is 10.9. The molecule has 0 heterocycles. The Morgan fingerprint density at radius 2 is 1.74 bits per heavy atom. The smallest absolute Gasteiger partial charge is 0.142 e. The Bertz CT molecular complexity index is 622. The van der Waals surface area contributed by atoms with Gasteiger partial charge in [0.25, 0.3) is 0 Å². The van der Waals surface area contributed by atoms with Crippen LogP contribution in [0.2, 0.25) is 0 Å². The number of hydrogen-bond donors (Lipinski definition) is 1. The van der Waals surface area contributed by atoms with Gasteiger partial charge in [0, 0.05) is 11.1 Å². The Hall–Kier alpha value is -2.66. The second-order valence-electron chi connectivity index (χ2n) is 5.26. The highest BCUT2D eigenvalue weighted by molar-refractivity contribution is 5.97. The number of rotatable bonds is 5. The lowest BCUT2D eigenvalue weighted by Gasteiger charge is -2.05. The van der Waals surface area contributed by atoms with Gasteiger partial charge in [-0.2, -0.15) is 0 Å². The van der Waals surface area contributed by atoms with Crippen LogP contribution in [0.5, 0.6) is 0 Å². The molecule has 0 saturated heterocycles. The molecule has 0 spiro atoms. The quantitative estimate of drug-likeness (QED) is 0.665. The summed E-state index contributed by atoms with van der Waals surface area (Å²) in [6.07, 6.45) is 1.37. The van der Waals surface area contributed by atoms with E-state index in [4.69, 9.17) is 4.84 Å². The first-order valence-electron chi connectivity index (χ1n) is 7.33. The van der Waals surface area contributed by atoms with Gasteiger partial charge < -0.3 is 20.5 Å². The zero-order chi connectivity index (χ0) is 17.1. The minimum atomic E-state index is -1.23. The summed E-state index contributed by atoms with van der Waals surface area (Å²) in [5, 5.41) is 14.6. The molecule has 0 amide bonds. The number of nitrogens with zero attached hydrogens (tertiary/aromatic N) is 1. The first-order chi connectivity index (χ1) is 11.0. The molecule has 0 saturated carbocycles. The van der Waals surface area contributed by atoms with Crippen molar-refractivity contribution in [2.75, 3.05) is 0 Å². The standard InChI is InChI=1S/C15H13NO3.C3H9N/c17-15(18)14-9-5-4-8-13(14)10-16-19-11-12-6-2-1-3-7-12;1-3(2)4/h1-10H,11H2,(H,17,18);3H,4H2,1-2H3/b16-10+;. The lowest BCUT2D eigenvalue weighted by atomic mass is 10.1. The SMILES string of the molecule is CC(C)[NH3+].O=C([O-])c1ccccc1/C=N/OCc1ccccc1. The molecule has 5 heteroatoms. The van der Waals surface area contributed by atoms with E-state index in [1.54, 1.807) is 18.2 Å². The van der Waals surface area contributed by atoms with E-state index in [0.717, 1.165) is 5.56 Å². The first-order valence-corrected chi connectivity index (χ1v) is 7.33. The molecule has 0 aliphatic heterocycles. The number of quaternary nitrogens is 1. The lowest BCUT2D eigenvalue weighted by Crippen LogP contribution is -2.57. The summed E-state index contributed by atoms with van der Waals surface area (Å²) in [6.45, 7) is 4.45. The van der Waals surface area contributed by atoms with Crippen molar-refractivity contribution < 1.29 is 20.5 Å². The Kier molecular flexibility index (Phi) is 8.10. The van der Waals surface area contributed by atoms with Crippen molar-refractivity contribution in [2.24, 2.45) is 5.16 Å². The molecule has 122 valence electrons. The maximum atomic E-state index is 10.9. The van der Waals surface area contributed by atoms with E-state index in [0.29, 0.717) is 18.2 Å². The number of carboxylic acids is 1. The molecule has 0 fully saturated rings. The lowest BCUT2D eigenvalue weighted by molar-refractivity contribution is -0.407. The van der Waals surface area contributed by atoms with Crippen molar-refractivity contribution in [1.82, 2.24) is 0 Å². The van der Waals surface area contributed by atoms with Gasteiger partial charge in [-0.3, -0.25) is 0 Å². The molecule has 0 aliphatic carbocycles. The van der Waals surface area contributed by atoms with E-state index < -0.39 is 5.97 Å². The fourth-order valence-corrected chi connectivity index (χ4v) is 1.58. The molecule has 0 aromatic heterocycles. The predicted octanol–water partition coefficient (Wildman–Crippen LogP) is 1.24. The summed E-state index contributed by atoms with van der Waals surface area (Å²) in [6, 6.07) is 16.6. The topological polar surface area (TPSA) is 89.4 Å². The van der Waals surface area contributed by atoms with E-state index in [1.807, 2.05) is 30.3 Å². The highest BCUT2D eigenvalue weighted by Crippen LogP contribution is 2.06. The van der Waals surface area contributed by atoms with Crippen LogP contribution in [0.3, 0.4) is 0 Å². The number of hydrogen-bond acceptors (Lipinski definition) is 4. The monoisotopic (exact) mass is 314 g/mol. The van der Waals surface area contributed by atoms with E-state index in [2.05, 4.69) is 24.7 Å². The molecular formula is C18H22N2O3. The molecule has 3 N–H and O–H groups in total. The summed E-state index contributed by atoms with van der Waals surface area (Å²) < 4.78 is 0. The van der Waals surface area contributed by atoms with Crippen molar-refractivity contribution in [2.45, 2.75) is 26.5 Å². The van der Waals surface area contributed by atoms with Gasteiger partial charge >= 0.3 is 0 Å². The maximum Gasteiger partial charge on any atom is 0.142 e. The second kappa shape index (κ2) is 10.1. The van der Waals surface area contributed by atoms with Gasteiger partial charge in [0.2, 0.25) is 0 Å². The van der Waals surface area contributed by atoms with Crippen LogP contribution in [-0.2, 0) is 11.4 Å². The van der Waals surface area contributed by atoms with Crippen molar-refractivity contribution >= 4 is 12.2 Å². The minimum Gasteiger partial charge on any atom is -0.545 e. The zero-order valence-corrected chi connectivity index (χ0v) is 13.4. The molecule has 0 aliphatic rings. The largest absolute Gasteiger partial charge is 0.545 e. The van der Waals surface area contributed by atoms with Gasteiger partial charge in [0.05, 0.1) is 18.2 Å². The number of carbonyl (C=O) groups excluding carboxylic acids is 1. The molecule has 0 atom stereocenters. The Morgan fingerprint density at radius 3 is 2.35 bits per heavy atom. The zero-order valence-electron chi connectivity index (χ0n) is 13.4. The van der Waals surface area contributed by atoms with E-state index >= 15 is 0 Å². The second-order valence-corrected chi connectivity index (χ2v) is 5.26. The summed E-state index contributed by atoms with van der Waals surface area (Å²) in [7, 11) is 0. The van der Waals surface area contributed by atoms with Crippen LogP contribution < -0.4 is 10.8 Å². The fourth-order valence-electron chi connectivity index (χ4n) is 1.58. The Morgan fingerprint density at radius 1 is 1.17 bits per heavy atom. The van der Waals surface area contributed by atoms with Crippen LogP contribution in [0, 0.1) is 0 Å². The average molecular weight is 314 g/mol. The minimum absolute atomic E-state index is 0.0922. The van der Waals surface area contributed by atoms with Crippen molar-refractivity contribution in [1.29, 1.82) is 0 Å². The van der Waals surface area contributed by atoms with Crippen molar-refractivity contribution in [3.8, 4) is 0 Å². The van der Waals surface area contributed by atoms with Crippen LogP contribution in [0.1, 0.15) is 35.3 Å².